The fourth-order valence-corrected chi connectivity index (χ4v) is 2.99. The highest BCUT2D eigenvalue weighted by atomic mass is 35.5. The van der Waals surface area contributed by atoms with E-state index in [4.69, 9.17) is 11.6 Å². The molecule has 0 spiro atoms. The van der Waals surface area contributed by atoms with Crippen LogP contribution < -0.4 is 4.90 Å². The monoisotopic (exact) mass is 295 g/mol. The molecule has 2 rings (SSSR count). The molecule has 0 amide bonds. The predicted molar refractivity (Wildman–Crippen MR) is 82.1 cm³/mol. The van der Waals surface area contributed by atoms with Crippen LogP contribution in [0.4, 0.5) is 5.82 Å². The zero-order chi connectivity index (χ0) is 13.7. The minimum absolute atomic E-state index is 0.580. The van der Waals surface area contributed by atoms with Gasteiger partial charge >= 0.3 is 0 Å². The predicted octanol–water partition coefficient (Wildman–Crippen LogP) is 4.17. The van der Waals surface area contributed by atoms with Gasteiger partial charge in [-0.2, -0.15) is 0 Å². The first-order chi connectivity index (χ1) is 9.26. The van der Waals surface area contributed by atoms with E-state index in [1.165, 1.54) is 4.88 Å². The first-order valence-electron chi connectivity index (χ1n) is 6.53. The van der Waals surface area contributed by atoms with Gasteiger partial charge in [0.05, 0.1) is 6.54 Å². The SMILES string of the molecule is CCCc1c(Cl)ncnc1N(CC)Cc1cccs1. The molecule has 0 aromatic carbocycles. The van der Waals surface area contributed by atoms with Crippen molar-refractivity contribution < 1.29 is 0 Å². The molecule has 0 radical (unpaired) electrons. The summed E-state index contributed by atoms with van der Waals surface area (Å²) in [4.78, 5) is 12.1. The Hall–Kier alpha value is -1.13. The van der Waals surface area contributed by atoms with Crippen LogP contribution in [0.1, 0.15) is 30.7 Å². The summed E-state index contributed by atoms with van der Waals surface area (Å²) < 4.78 is 0. The van der Waals surface area contributed by atoms with Gasteiger partial charge in [0.2, 0.25) is 0 Å². The molecule has 0 aliphatic rings. The van der Waals surface area contributed by atoms with Crippen LogP contribution >= 0.6 is 22.9 Å². The minimum atomic E-state index is 0.580. The third kappa shape index (κ3) is 3.45. The van der Waals surface area contributed by atoms with Crippen molar-refractivity contribution in [3.8, 4) is 0 Å². The van der Waals surface area contributed by atoms with Gasteiger partial charge in [-0.1, -0.05) is 31.0 Å². The Bertz CT molecular complexity index is 513. The summed E-state index contributed by atoms with van der Waals surface area (Å²) in [6.07, 6.45) is 3.50. The minimum Gasteiger partial charge on any atom is -0.351 e. The van der Waals surface area contributed by atoms with Crippen LogP contribution in [0, 0.1) is 0 Å². The number of hydrogen-bond donors (Lipinski definition) is 0. The van der Waals surface area contributed by atoms with E-state index in [0.717, 1.165) is 37.3 Å². The lowest BCUT2D eigenvalue weighted by molar-refractivity contribution is 0.794. The fraction of sp³-hybridized carbons (Fsp3) is 0.429. The van der Waals surface area contributed by atoms with Crippen molar-refractivity contribution in [1.29, 1.82) is 0 Å². The van der Waals surface area contributed by atoms with E-state index in [1.54, 1.807) is 17.7 Å². The maximum atomic E-state index is 6.22. The number of rotatable bonds is 6. The van der Waals surface area contributed by atoms with Gasteiger partial charge in [-0.05, 0) is 24.8 Å². The largest absolute Gasteiger partial charge is 0.351 e. The molecular formula is C14H18ClN3S. The van der Waals surface area contributed by atoms with Crippen LogP contribution in [0.5, 0.6) is 0 Å². The first-order valence-corrected chi connectivity index (χ1v) is 7.78. The maximum Gasteiger partial charge on any atom is 0.137 e. The van der Waals surface area contributed by atoms with Crippen LogP contribution in [-0.4, -0.2) is 16.5 Å². The number of nitrogens with zero attached hydrogens (tertiary/aromatic N) is 3. The number of thiophene rings is 1. The Balaban J connectivity index is 2.29. The number of halogens is 1. The van der Waals surface area contributed by atoms with Gasteiger partial charge < -0.3 is 4.90 Å². The molecule has 0 bridgehead atoms. The summed E-state index contributed by atoms with van der Waals surface area (Å²) in [6, 6.07) is 4.23. The summed E-state index contributed by atoms with van der Waals surface area (Å²) in [5, 5.41) is 2.68. The molecule has 0 saturated carbocycles. The standard InChI is InChI=1S/C14H18ClN3S/c1-3-6-12-13(15)16-10-17-14(12)18(4-2)9-11-7-5-8-19-11/h5,7-8,10H,3-4,6,9H2,1-2H3. The van der Waals surface area contributed by atoms with E-state index in [0.29, 0.717) is 5.15 Å². The zero-order valence-electron chi connectivity index (χ0n) is 11.3. The average Bonchev–Trinajstić information content (AvgIpc) is 2.92. The Morgan fingerprint density at radius 3 is 2.79 bits per heavy atom. The maximum absolute atomic E-state index is 6.22. The third-order valence-corrected chi connectivity index (χ3v) is 4.16. The Morgan fingerprint density at radius 1 is 1.32 bits per heavy atom. The van der Waals surface area contributed by atoms with E-state index in [1.807, 2.05) is 0 Å². The van der Waals surface area contributed by atoms with Crippen LogP contribution in [0.25, 0.3) is 0 Å². The molecule has 0 saturated heterocycles. The summed E-state index contributed by atoms with van der Waals surface area (Å²) in [6.45, 7) is 6.06. The second kappa shape index (κ2) is 6.87. The molecule has 2 heterocycles. The van der Waals surface area contributed by atoms with Crippen molar-refractivity contribution in [2.45, 2.75) is 33.2 Å². The highest BCUT2D eigenvalue weighted by molar-refractivity contribution is 7.09. The van der Waals surface area contributed by atoms with Gasteiger partial charge in [-0.15, -0.1) is 11.3 Å². The topological polar surface area (TPSA) is 29.0 Å². The van der Waals surface area contributed by atoms with Crippen molar-refractivity contribution in [3.63, 3.8) is 0 Å². The van der Waals surface area contributed by atoms with Crippen LogP contribution in [-0.2, 0) is 13.0 Å². The molecule has 0 unspecified atom stereocenters. The molecule has 0 atom stereocenters. The molecule has 5 heteroatoms. The van der Waals surface area contributed by atoms with Crippen molar-refractivity contribution >= 4 is 28.8 Å². The highest BCUT2D eigenvalue weighted by Gasteiger charge is 2.15. The Kier molecular flexibility index (Phi) is 5.16. The number of aromatic nitrogens is 2. The fourth-order valence-electron chi connectivity index (χ4n) is 2.05. The van der Waals surface area contributed by atoms with E-state index in [-0.39, 0.29) is 0 Å². The lowest BCUT2D eigenvalue weighted by Crippen LogP contribution is -2.24. The Morgan fingerprint density at radius 2 is 2.16 bits per heavy atom. The third-order valence-electron chi connectivity index (χ3n) is 2.98. The molecule has 2 aromatic heterocycles. The lowest BCUT2D eigenvalue weighted by Gasteiger charge is -2.24. The van der Waals surface area contributed by atoms with Gasteiger partial charge in [0.1, 0.15) is 17.3 Å². The van der Waals surface area contributed by atoms with Crippen LogP contribution in [0.2, 0.25) is 5.15 Å². The quantitative estimate of drug-likeness (QED) is 0.749. The van der Waals surface area contributed by atoms with E-state index >= 15 is 0 Å². The van der Waals surface area contributed by atoms with Gasteiger partial charge in [-0.3, -0.25) is 0 Å². The van der Waals surface area contributed by atoms with Crippen molar-refractivity contribution in [2.24, 2.45) is 0 Å². The first kappa shape index (κ1) is 14.3. The number of hydrogen-bond acceptors (Lipinski definition) is 4. The summed E-state index contributed by atoms with van der Waals surface area (Å²) in [5.74, 6) is 0.970. The second-order valence-corrected chi connectivity index (χ2v) is 5.70. The average molecular weight is 296 g/mol. The zero-order valence-corrected chi connectivity index (χ0v) is 12.8. The Labute approximate surface area is 123 Å². The van der Waals surface area contributed by atoms with Gasteiger partial charge in [0, 0.05) is 17.0 Å². The molecule has 0 fully saturated rings. The van der Waals surface area contributed by atoms with Crippen molar-refractivity contribution in [1.82, 2.24) is 9.97 Å². The summed E-state index contributed by atoms with van der Waals surface area (Å²) >= 11 is 7.98. The summed E-state index contributed by atoms with van der Waals surface area (Å²) in [5.41, 5.74) is 1.06. The lowest BCUT2D eigenvalue weighted by atomic mass is 10.1. The molecule has 0 aliphatic carbocycles. The van der Waals surface area contributed by atoms with E-state index < -0.39 is 0 Å². The molecule has 19 heavy (non-hydrogen) atoms. The summed E-state index contributed by atoms with van der Waals surface area (Å²) in [7, 11) is 0. The number of anilines is 1. The van der Waals surface area contributed by atoms with Gasteiger partial charge in [0.15, 0.2) is 0 Å². The molecular weight excluding hydrogens is 278 g/mol. The van der Waals surface area contributed by atoms with Crippen LogP contribution in [0.15, 0.2) is 23.8 Å². The second-order valence-electron chi connectivity index (χ2n) is 4.31. The van der Waals surface area contributed by atoms with Crippen LogP contribution in [0.3, 0.4) is 0 Å². The molecule has 102 valence electrons. The van der Waals surface area contributed by atoms with Crippen molar-refractivity contribution in [2.75, 3.05) is 11.4 Å². The van der Waals surface area contributed by atoms with Gasteiger partial charge in [-0.25, -0.2) is 9.97 Å². The smallest absolute Gasteiger partial charge is 0.137 e. The molecule has 0 N–H and O–H groups in total. The van der Waals surface area contributed by atoms with Gasteiger partial charge in [0.25, 0.3) is 0 Å². The molecule has 3 nitrogen and oxygen atoms in total. The van der Waals surface area contributed by atoms with E-state index in [9.17, 15) is 0 Å². The molecule has 0 aliphatic heterocycles. The van der Waals surface area contributed by atoms with Crippen molar-refractivity contribution in [3.05, 3.63) is 39.4 Å². The molecule has 2 aromatic rings. The highest BCUT2D eigenvalue weighted by Crippen LogP contribution is 2.26. The van der Waals surface area contributed by atoms with E-state index in [2.05, 4.69) is 46.2 Å². The normalized spacial score (nSPS) is 10.7.